The third kappa shape index (κ3) is 3.33. The molecule has 1 heterocycles. The molecule has 1 unspecified atom stereocenters. The molecule has 2 aliphatic rings. The van der Waals surface area contributed by atoms with Gasteiger partial charge in [0.2, 0.25) is 0 Å². The molecule has 3 rings (SSSR count). The molecule has 1 aliphatic heterocycles. The summed E-state index contributed by atoms with van der Waals surface area (Å²) in [7, 11) is 0. The predicted octanol–water partition coefficient (Wildman–Crippen LogP) is 3.57. The van der Waals surface area contributed by atoms with Crippen molar-refractivity contribution in [2.24, 2.45) is 0 Å². The van der Waals surface area contributed by atoms with E-state index < -0.39 is 5.97 Å². The van der Waals surface area contributed by atoms with Crippen LogP contribution in [0.5, 0.6) is 0 Å². The summed E-state index contributed by atoms with van der Waals surface area (Å²) in [6.45, 7) is 0.299. The molecule has 1 aromatic rings. The summed E-state index contributed by atoms with van der Waals surface area (Å²) < 4.78 is 11.5. The maximum absolute atomic E-state index is 12.0. The van der Waals surface area contributed by atoms with Crippen molar-refractivity contribution in [2.75, 3.05) is 12.3 Å². The number of ether oxygens (including phenoxy) is 2. The van der Waals surface area contributed by atoms with Gasteiger partial charge in [0.15, 0.2) is 0 Å². The van der Waals surface area contributed by atoms with Gasteiger partial charge in [-0.05, 0) is 43.9 Å². The Morgan fingerprint density at radius 1 is 1.33 bits per heavy atom. The lowest BCUT2D eigenvalue weighted by molar-refractivity contribution is -0.0598. The van der Waals surface area contributed by atoms with Gasteiger partial charge in [-0.3, -0.25) is 0 Å². The molecule has 4 nitrogen and oxygen atoms in total. The summed E-state index contributed by atoms with van der Waals surface area (Å²) in [4.78, 5) is 12.0. The number of anilines is 1. The number of rotatable bonds is 3. The van der Waals surface area contributed by atoms with Gasteiger partial charge in [0, 0.05) is 10.7 Å². The fourth-order valence-corrected chi connectivity index (χ4v) is 3.63. The van der Waals surface area contributed by atoms with Crippen LogP contribution < -0.4 is 5.73 Å². The van der Waals surface area contributed by atoms with Crippen LogP contribution in [0.25, 0.3) is 0 Å². The van der Waals surface area contributed by atoms with E-state index in [-0.39, 0.29) is 11.7 Å². The van der Waals surface area contributed by atoms with Crippen LogP contribution in [0.2, 0.25) is 5.02 Å². The van der Waals surface area contributed by atoms with E-state index in [0.717, 1.165) is 25.7 Å². The topological polar surface area (TPSA) is 61.6 Å². The van der Waals surface area contributed by atoms with Gasteiger partial charge in [-0.25, -0.2) is 4.79 Å². The zero-order valence-electron chi connectivity index (χ0n) is 11.9. The van der Waals surface area contributed by atoms with Crippen LogP contribution in [0, 0.1) is 0 Å². The molecule has 2 fully saturated rings. The largest absolute Gasteiger partial charge is 0.459 e. The van der Waals surface area contributed by atoms with Gasteiger partial charge in [0.1, 0.15) is 6.61 Å². The van der Waals surface area contributed by atoms with Gasteiger partial charge < -0.3 is 15.2 Å². The minimum absolute atomic E-state index is 0.0172. The highest BCUT2D eigenvalue weighted by Crippen LogP contribution is 2.43. The first-order valence-electron chi connectivity index (χ1n) is 7.47. The van der Waals surface area contributed by atoms with Crippen LogP contribution in [0.15, 0.2) is 18.2 Å². The van der Waals surface area contributed by atoms with Crippen molar-refractivity contribution in [3.8, 4) is 0 Å². The molecule has 1 aliphatic carbocycles. The Morgan fingerprint density at radius 3 is 2.81 bits per heavy atom. The Morgan fingerprint density at radius 2 is 2.10 bits per heavy atom. The van der Waals surface area contributed by atoms with E-state index >= 15 is 0 Å². The molecule has 1 spiro atoms. The summed E-state index contributed by atoms with van der Waals surface area (Å²) in [5, 5.41) is 0.434. The van der Waals surface area contributed by atoms with Crippen LogP contribution >= 0.6 is 11.6 Å². The van der Waals surface area contributed by atoms with E-state index in [1.807, 2.05) is 0 Å². The number of hydrogen-bond donors (Lipinski definition) is 1. The maximum Gasteiger partial charge on any atom is 0.338 e. The van der Waals surface area contributed by atoms with Crippen molar-refractivity contribution in [1.82, 2.24) is 0 Å². The smallest absolute Gasteiger partial charge is 0.338 e. The number of carbonyl (C=O) groups is 1. The quantitative estimate of drug-likeness (QED) is 0.685. The molecular formula is C16H20ClNO3. The molecule has 1 saturated heterocycles. The van der Waals surface area contributed by atoms with Gasteiger partial charge in [-0.2, -0.15) is 0 Å². The third-order valence-corrected chi connectivity index (χ3v) is 4.63. The first-order chi connectivity index (χ1) is 10.1. The highest BCUT2D eigenvalue weighted by molar-refractivity contribution is 6.31. The lowest BCUT2D eigenvalue weighted by Gasteiger charge is -2.23. The number of hydrogen-bond acceptors (Lipinski definition) is 4. The predicted molar refractivity (Wildman–Crippen MR) is 81.5 cm³/mol. The second kappa shape index (κ2) is 5.85. The normalized spacial score (nSPS) is 23.6. The van der Waals surface area contributed by atoms with Crippen molar-refractivity contribution in [1.29, 1.82) is 0 Å². The number of carbonyl (C=O) groups excluding carboxylic acids is 1. The zero-order chi connectivity index (χ0) is 14.9. The highest BCUT2D eigenvalue weighted by Gasteiger charge is 2.42. The molecule has 114 valence electrons. The summed E-state index contributed by atoms with van der Waals surface area (Å²) in [6, 6.07) is 4.73. The van der Waals surface area contributed by atoms with Crippen molar-refractivity contribution >= 4 is 23.3 Å². The van der Waals surface area contributed by atoms with E-state index in [9.17, 15) is 4.79 Å². The number of esters is 1. The number of halogens is 1. The second-order valence-electron chi connectivity index (χ2n) is 6.04. The first-order valence-corrected chi connectivity index (χ1v) is 7.85. The molecule has 0 bridgehead atoms. The minimum atomic E-state index is -0.403. The van der Waals surface area contributed by atoms with Gasteiger partial charge in [0.25, 0.3) is 0 Å². The Labute approximate surface area is 129 Å². The molecule has 1 saturated carbocycles. The van der Waals surface area contributed by atoms with Crippen LogP contribution in [-0.2, 0) is 9.47 Å². The summed E-state index contributed by atoms with van der Waals surface area (Å²) >= 11 is 5.89. The molecule has 21 heavy (non-hydrogen) atoms. The minimum Gasteiger partial charge on any atom is -0.459 e. The summed E-state index contributed by atoms with van der Waals surface area (Å²) in [5.41, 5.74) is 6.58. The average Bonchev–Trinajstić information content (AvgIpc) is 3.06. The molecule has 2 N–H and O–H groups in total. The van der Waals surface area contributed by atoms with Crippen LogP contribution in [0.1, 0.15) is 48.9 Å². The second-order valence-corrected chi connectivity index (χ2v) is 6.48. The number of benzene rings is 1. The molecule has 0 aromatic heterocycles. The lowest BCUT2D eigenvalue weighted by atomic mass is 9.98. The van der Waals surface area contributed by atoms with Gasteiger partial charge >= 0.3 is 5.97 Å². The Kier molecular flexibility index (Phi) is 4.09. The maximum atomic E-state index is 12.0. The summed E-state index contributed by atoms with van der Waals surface area (Å²) in [6.07, 6.45) is 6.83. The van der Waals surface area contributed by atoms with E-state index in [0.29, 0.717) is 22.9 Å². The number of nitrogens with two attached hydrogens (primary N) is 1. The van der Waals surface area contributed by atoms with E-state index in [1.165, 1.54) is 12.8 Å². The third-order valence-electron chi connectivity index (χ3n) is 4.41. The Balaban J connectivity index is 1.54. The van der Waals surface area contributed by atoms with E-state index in [2.05, 4.69) is 0 Å². The number of nitrogen functional groups attached to an aromatic ring is 1. The zero-order valence-corrected chi connectivity index (χ0v) is 12.7. The Hall–Kier alpha value is -1.26. The first kappa shape index (κ1) is 14.7. The Bertz CT molecular complexity index is 520. The monoisotopic (exact) mass is 309 g/mol. The molecular weight excluding hydrogens is 290 g/mol. The van der Waals surface area contributed by atoms with Crippen molar-refractivity contribution < 1.29 is 14.3 Å². The molecule has 0 amide bonds. The van der Waals surface area contributed by atoms with E-state index in [1.54, 1.807) is 18.2 Å². The van der Waals surface area contributed by atoms with Gasteiger partial charge in [-0.1, -0.05) is 24.4 Å². The standard InChI is InChI=1S/C16H20ClNO3/c17-12-7-11(8-13(18)9-12)15(19)20-10-14-3-6-16(21-14)4-1-2-5-16/h7-9,14H,1-6,10,18H2. The molecule has 0 radical (unpaired) electrons. The lowest BCUT2D eigenvalue weighted by Crippen LogP contribution is -2.27. The van der Waals surface area contributed by atoms with Crippen LogP contribution in [-0.4, -0.2) is 24.3 Å². The fraction of sp³-hybridized carbons (Fsp3) is 0.562. The van der Waals surface area contributed by atoms with Crippen LogP contribution in [0.3, 0.4) is 0 Å². The van der Waals surface area contributed by atoms with Gasteiger partial charge in [0.05, 0.1) is 17.3 Å². The molecule has 1 aromatic carbocycles. The molecule has 5 heteroatoms. The van der Waals surface area contributed by atoms with Gasteiger partial charge in [-0.15, -0.1) is 0 Å². The highest BCUT2D eigenvalue weighted by atomic mass is 35.5. The average molecular weight is 310 g/mol. The molecule has 1 atom stereocenters. The van der Waals surface area contributed by atoms with Crippen molar-refractivity contribution in [3.63, 3.8) is 0 Å². The van der Waals surface area contributed by atoms with Crippen molar-refractivity contribution in [2.45, 2.75) is 50.2 Å². The van der Waals surface area contributed by atoms with E-state index in [4.69, 9.17) is 26.8 Å². The fourth-order valence-electron chi connectivity index (χ4n) is 3.38. The van der Waals surface area contributed by atoms with Crippen LogP contribution in [0.4, 0.5) is 5.69 Å². The van der Waals surface area contributed by atoms with Crippen molar-refractivity contribution in [3.05, 3.63) is 28.8 Å². The SMILES string of the molecule is Nc1cc(Cl)cc(C(=O)OCC2CCC3(CCCC3)O2)c1. The summed E-state index contributed by atoms with van der Waals surface area (Å²) in [5.74, 6) is -0.403.